The van der Waals surface area contributed by atoms with Crippen LogP contribution in [0.4, 0.5) is 17.1 Å². The molecule has 28 heavy (non-hydrogen) atoms. The van der Waals surface area contributed by atoms with Crippen LogP contribution < -0.4 is 10.6 Å². The molecule has 0 unspecified atom stereocenters. The third-order valence-corrected chi connectivity index (χ3v) is 4.38. The number of ketones is 1. The summed E-state index contributed by atoms with van der Waals surface area (Å²) in [5, 5.41) is 6.13. The first-order valence-corrected chi connectivity index (χ1v) is 9.18. The molecule has 1 aromatic heterocycles. The Morgan fingerprint density at radius 3 is 2.39 bits per heavy atom. The van der Waals surface area contributed by atoms with Gasteiger partial charge in [-0.05, 0) is 48.7 Å². The zero-order valence-electron chi connectivity index (χ0n) is 16.2. The van der Waals surface area contributed by atoms with Gasteiger partial charge in [-0.25, -0.2) is 4.98 Å². The number of Topliss-reactive ketones (excluding diaryl/α,β-unsaturated/α-hetero) is 1. The Morgan fingerprint density at radius 1 is 0.929 bits per heavy atom. The molecule has 0 fully saturated rings. The number of anilines is 3. The smallest absolute Gasteiger partial charge is 0.274 e. The number of hydrogen-bond acceptors (Lipinski definition) is 4. The van der Waals surface area contributed by atoms with Gasteiger partial charge >= 0.3 is 0 Å². The molecular weight excluding hydrogens is 350 g/mol. The molecule has 0 radical (unpaired) electrons. The monoisotopic (exact) mass is 373 g/mol. The summed E-state index contributed by atoms with van der Waals surface area (Å²) in [6.07, 6.45) is 1.64. The predicted octanol–water partition coefficient (Wildman–Crippen LogP) is 5.40. The average Bonchev–Trinajstić information content (AvgIpc) is 2.69. The van der Waals surface area contributed by atoms with Crippen LogP contribution in [0, 0.1) is 0 Å². The highest BCUT2D eigenvalue weighted by Crippen LogP contribution is 2.26. The van der Waals surface area contributed by atoms with Crippen molar-refractivity contribution in [3.8, 4) is 0 Å². The summed E-state index contributed by atoms with van der Waals surface area (Å²) in [5.74, 6) is 0.0219. The summed E-state index contributed by atoms with van der Waals surface area (Å²) in [6.45, 7) is 5.78. The lowest BCUT2D eigenvalue weighted by Gasteiger charge is -2.14. The van der Waals surface area contributed by atoms with E-state index in [0.717, 1.165) is 11.4 Å². The Hall–Kier alpha value is -3.47. The zero-order valence-corrected chi connectivity index (χ0v) is 16.2. The lowest BCUT2D eigenvalue weighted by Crippen LogP contribution is -2.14. The summed E-state index contributed by atoms with van der Waals surface area (Å²) in [4.78, 5) is 28.2. The maximum atomic E-state index is 12.4. The largest absolute Gasteiger partial charge is 0.354 e. The van der Waals surface area contributed by atoms with E-state index < -0.39 is 0 Å². The molecule has 2 N–H and O–H groups in total. The molecule has 0 aliphatic carbocycles. The Bertz CT molecular complexity index is 995. The van der Waals surface area contributed by atoms with Gasteiger partial charge < -0.3 is 10.6 Å². The topological polar surface area (TPSA) is 71.1 Å². The van der Waals surface area contributed by atoms with E-state index in [1.54, 1.807) is 36.5 Å². The van der Waals surface area contributed by atoms with Crippen molar-refractivity contribution < 1.29 is 9.59 Å². The number of amides is 1. The molecule has 142 valence electrons. The molecule has 3 rings (SSSR count). The van der Waals surface area contributed by atoms with Crippen LogP contribution >= 0.6 is 0 Å². The van der Waals surface area contributed by atoms with Gasteiger partial charge in [-0.3, -0.25) is 9.59 Å². The van der Waals surface area contributed by atoms with Crippen molar-refractivity contribution in [2.45, 2.75) is 26.7 Å². The first-order chi connectivity index (χ1) is 13.4. The lowest BCUT2D eigenvalue weighted by atomic mass is 10.0. The number of benzene rings is 2. The number of pyridine rings is 1. The van der Waals surface area contributed by atoms with Crippen LogP contribution in [0.1, 0.15) is 53.1 Å². The van der Waals surface area contributed by atoms with Crippen molar-refractivity contribution in [2.24, 2.45) is 0 Å². The molecule has 0 spiro atoms. The number of rotatable bonds is 6. The van der Waals surface area contributed by atoms with Gasteiger partial charge in [-0.1, -0.05) is 44.2 Å². The minimum atomic E-state index is -0.324. The van der Waals surface area contributed by atoms with Crippen molar-refractivity contribution >= 4 is 28.8 Å². The normalized spacial score (nSPS) is 10.6. The zero-order chi connectivity index (χ0) is 20.1. The van der Waals surface area contributed by atoms with Crippen LogP contribution in [-0.2, 0) is 0 Å². The minimum Gasteiger partial charge on any atom is -0.354 e. The molecule has 0 saturated carbocycles. The highest BCUT2D eigenvalue weighted by Gasteiger charge is 2.10. The van der Waals surface area contributed by atoms with Crippen molar-refractivity contribution in [1.29, 1.82) is 0 Å². The van der Waals surface area contributed by atoms with E-state index in [0.29, 0.717) is 22.9 Å². The van der Waals surface area contributed by atoms with Crippen LogP contribution in [0.3, 0.4) is 0 Å². The summed E-state index contributed by atoms with van der Waals surface area (Å²) in [6, 6.07) is 18.5. The number of nitrogens with zero attached hydrogens (tertiary/aromatic N) is 1. The highest BCUT2D eigenvalue weighted by atomic mass is 16.2. The first-order valence-electron chi connectivity index (χ1n) is 9.18. The van der Waals surface area contributed by atoms with E-state index in [1.165, 1.54) is 12.5 Å². The molecule has 1 heterocycles. The number of aromatic nitrogens is 1. The van der Waals surface area contributed by atoms with Gasteiger partial charge in [-0.15, -0.1) is 0 Å². The predicted molar refractivity (Wildman–Crippen MR) is 112 cm³/mol. The number of para-hydroxylation sites is 1. The van der Waals surface area contributed by atoms with Crippen molar-refractivity contribution in [1.82, 2.24) is 4.98 Å². The molecule has 5 heteroatoms. The van der Waals surface area contributed by atoms with Crippen LogP contribution in [0.25, 0.3) is 0 Å². The highest BCUT2D eigenvalue weighted by molar-refractivity contribution is 6.04. The third kappa shape index (κ3) is 4.62. The van der Waals surface area contributed by atoms with E-state index in [-0.39, 0.29) is 11.7 Å². The second-order valence-electron chi connectivity index (χ2n) is 6.89. The average molecular weight is 373 g/mol. The summed E-state index contributed by atoms with van der Waals surface area (Å²) >= 11 is 0. The van der Waals surface area contributed by atoms with E-state index in [9.17, 15) is 9.59 Å². The quantitative estimate of drug-likeness (QED) is 0.567. The van der Waals surface area contributed by atoms with Crippen LogP contribution in [0.15, 0.2) is 66.9 Å². The fourth-order valence-corrected chi connectivity index (χ4v) is 2.88. The molecular formula is C23H23N3O2. The Morgan fingerprint density at radius 2 is 1.71 bits per heavy atom. The number of carbonyl (C=O) groups excluding carboxylic acids is 2. The van der Waals surface area contributed by atoms with E-state index in [2.05, 4.69) is 35.5 Å². The van der Waals surface area contributed by atoms with Gasteiger partial charge in [0.1, 0.15) is 5.69 Å². The molecule has 1 amide bonds. The second-order valence-corrected chi connectivity index (χ2v) is 6.89. The summed E-state index contributed by atoms with van der Waals surface area (Å²) < 4.78 is 0. The van der Waals surface area contributed by atoms with E-state index >= 15 is 0 Å². The maximum absolute atomic E-state index is 12.4. The summed E-state index contributed by atoms with van der Waals surface area (Å²) in [7, 11) is 0. The van der Waals surface area contributed by atoms with Gasteiger partial charge in [0, 0.05) is 16.9 Å². The van der Waals surface area contributed by atoms with Gasteiger partial charge in [0.15, 0.2) is 5.78 Å². The SMILES string of the molecule is CC(=O)c1cccc(NC(=O)c2ccc(Nc3ccccc3C(C)C)cn2)c1. The fourth-order valence-electron chi connectivity index (χ4n) is 2.88. The molecule has 3 aromatic rings. The number of carbonyl (C=O) groups is 2. The van der Waals surface area contributed by atoms with Crippen molar-refractivity contribution in [2.75, 3.05) is 10.6 Å². The molecule has 0 bridgehead atoms. The van der Waals surface area contributed by atoms with Gasteiger partial charge in [0.2, 0.25) is 0 Å². The number of nitrogens with one attached hydrogen (secondary N) is 2. The van der Waals surface area contributed by atoms with E-state index in [1.807, 2.05) is 24.3 Å². The van der Waals surface area contributed by atoms with Gasteiger partial charge in [0.05, 0.1) is 11.9 Å². The van der Waals surface area contributed by atoms with Crippen LogP contribution in [-0.4, -0.2) is 16.7 Å². The minimum absolute atomic E-state index is 0.0497. The lowest BCUT2D eigenvalue weighted by molar-refractivity contribution is 0.100. The molecule has 0 aliphatic heterocycles. The molecule has 5 nitrogen and oxygen atoms in total. The molecule has 0 atom stereocenters. The van der Waals surface area contributed by atoms with Crippen LogP contribution in [0.2, 0.25) is 0 Å². The van der Waals surface area contributed by atoms with Crippen molar-refractivity contribution in [3.05, 3.63) is 83.7 Å². The molecule has 2 aromatic carbocycles. The first kappa shape index (κ1) is 19.3. The van der Waals surface area contributed by atoms with E-state index in [4.69, 9.17) is 0 Å². The third-order valence-electron chi connectivity index (χ3n) is 4.38. The maximum Gasteiger partial charge on any atom is 0.274 e. The summed E-state index contributed by atoms with van der Waals surface area (Å²) in [5.41, 5.74) is 4.47. The Kier molecular flexibility index (Phi) is 5.84. The van der Waals surface area contributed by atoms with Gasteiger partial charge in [-0.2, -0.15) is 0 Å². The van der Waals surface area contributed by atoms with Crippen molar-refractivity contribution in [3.63, 3.8) is 0 Å². The Balaban J connectivity index is 1.71. The number of hydrogen-bond donors (Lipinski definition) is 2. The Labute approximate surface area is 164 Å². The molecule has 0 aliphatic rings. The second kappa shape index (κ2) is 8.48. The molecule has 0 saturated heterocycles. The fraction of sp³-hybridized carbons (Fsp3) is 0.174. The van der Waals surface area contributed by atoms with Gasteiger partial charge in [0.25, 0.3) is 5.91 Å². The standard InChI is InChI=1S/C23H23N3O2/c1-15(2)20-9-4-5-10-21(20)25-19-11-12-22(24-14-19)23(28)26-18-8-6-7-17(13-18)16(3)27/h4-15,25H,1-3H3,(H,26,28). The van der Waals surface area contributed by atoms with Crippen LogP contribution in [0.5, 0.6) is 0 Å².